The molecule has 2 atom stereocenters. The van der Waals surface area contributed by atoms with E-state index in [-0.39, 0.29) is 12.5 Å². The van der Waals surface area contributed by atoms with Crippen molar-refractivity contribution in [1.29, 1.82) is 0 Å². The van der Waals surface area contributed by atoms with E-state index in [1.54, 1.807) is 6.08 Å². The lowest BCUT2D eigenvalue weighted by molar-refractivity contribution is -0.123. The molecule has 0 aromatic carbocycles. The van der Waals surface area contributed by atoms with E-state index >= 15 is 0 Å². The molecule has 0 rings (SSSR count). The number of unbranched alkanes of at least 4 members (excludes halogenated alkanes) is 56. The Morgan fingerprint density at radius 1 is 0.299 bits per heavy atom. The second-order valence-electron chi connectivity index (χ2n) is 24.6. The van der Waals surface area contributed by atoms with E-state index in [1.165, 1.54) is 353 Å². The van der Waals surface area contributed by atoms with E-state index < -0.39 is 12.1 Å². The molecule has 77 heavy (non-hydrogen) atoms. The van der Waals surface area contributed by atoms with Crippen LogP contribution in [0.25, 0.3) is 0 Å². The third-order valence-corrected chi connectivity index (χ3v) is 16.8. The number of carbonyl (C=O) groups excluding carboxylic acids is 1. The van der Waals surface area contributed by atoms with E-state index in [1.807, 2.05) is 6.08 Å². The van der Waals surface area contributed by atoms with Crippen molar-refractivity contribution in [2.24, 2.45) is 0 Å². The number of carbonyl (C=O) groups is 1. The minimum Gasteiger partial charge on any atom is -0.394 e. The van der Waals surface area contributed by atoms with Gasteiger partial charge in [0.2, 0.25) is 5.91 Å². The second-order valence-corrected chi connectivity index (χ2v) is 24.6. The quantitative estimate of drug-likeness (QED) is 0.0420. The van der Waals surface area contributed by atoms with E-state index in [0.29, 0.717) is 6.42 Å². The molecule has 4 nitrogen and oxygen atoms in total. The molecular weight excluding hydrogens is 939 g/mol. The maximum atomic E-state index is 12.5. The maximum Gasteiger partial charge on any atom is 0.220 e. The fourth-order valence-corrected chi connectivity index (χ4v) is 11.4. The zero-order valence-corrected chi connectivity index (χ0v) is 52.8. The fraction of sp³-hybridized carbons (Fsp3) is 0.904. The number of rotatable bonds is 67. The third kappa shape index (κ3) is 65.3. The average molecular weight is 1080 g/mol. The number of hydrogen-bond donors (Lipinski definition) is 3. The molecule has 0 aliphatic rings. The molecule has 1 amide bonds. The molecule has 0 heterocycles. The van der Waals surface area contributed by atoms with Crippen LogP contribution >= 0.6 is 0 Å². The van der Waals surface area contributed by atoms with Crippen LogP contribution in [0, 0.1) is 0 Å². The van der Waals surface area contributed by atoms with E-state index in [9.17, 15) is 15.0 Å². The summed E-state index contributed by atoms with van der Waals surface area (Å²) in [6, 6.07) is -0.638. The highest BCUT2D eigenvalue weighted by Gasteiger charge is 2.18. The topological polar surface area (TPSA) is 69.6 Å². The molecule has 0 aromatic heterocycles. The lowest BCUT2D eigenvalue weighted by Gasteiger charge is -2.19. The molecular formula is C73H141NO3. The van der Waals surface area contributed by atoms with Crippen LogP contribution in [-0.2, 0) is 4.79 Å². The standard InChI is InChI=1S/C73H141NO3/c1-3-5-7-9-11-13-15-17-19-21-23-25-27-29-30-31-32-33-34-35-36-37-38-39-40-41-42-43-44-45-47-49-51-53-55-57-59-61-63-65-67-69-73(77)74-71(70-75)72(76)68-66-64-62-60-58-56-54-52-50-48-46-28-26-24-22-20-18-16-14-12-10-8-6-4-2/h21,23,58,60,66,68,71-72,75-76H,3-20,22,24-57,59,61-65,67,69-70H2,1-2H3,(H,74,77)/b23-21-,60-58+,68-66+. The van der Waals surface area contributed by atoms with Crippen LogP contribution in [-0.4, -0.2) is 34.9 Å². The number of aliphatic hydroxyl groups is 2. The summed E-state index contributed by atoms with van der Waals surface area (Å²) >= 11 is 0. The lowest BCUT2D eigenvalue weighted by Crippen LogP contribution is -2.45. The maximum absolute atomic E-state index is 12.5. The largest absolute Gasteiger partial charge is 0.394 e. The van der Waals surface area contributed by atoms with Gasteiger partial charge in [0.25, 0.3) is 0 Å². The van der Waals surface area contributed by atoms with Crippen LogP contribution in [0.4, 0.5) is 0 Å². The number of nitrogens with one attached hydrogen (secondary N) is 1. The summed E-state index contributed by atoms with van der Waals surface area (Å²) in [5, 5.41) is 23.3. The Morgan fingerprint density at radius 3 is 0.753 bits per heavy atom. The van der Waals surface area contributed by atoms with E-state index in [2.05, 4.69) is 43.5 Å². The van der Waals surface area contributed by atoms with Crippen LogP contribution in [0.3, 0.4) is 0 Å². The molecule has 456 valence electrons. The van der Waals surface area contributed by atoms with Crippen LogP contribution in [0.15, 0.2) is 36.5 Å². The van der Waals surface area contributed by atoms with Gasteiger partial charge < -0.3 is 15.5 Å². The van der Waals surface area contributed by atoms with Crippen molar-refractivity contribution in [1.82, 2.24) is 5.32 Å². The van der Waals surface area contributed by atoms with Crippen LogP contribution in [0.1, 0.15) is 406 Å². The Morgan fingerprint density at radius 2 is 0.506 bits per heavy atom. The predicted octanol–water partition coefficient (Wildman–Crippen LogP) is 24.3. The summed E-state index contributed by atoms with van der Waals surface area (Å²) in [6.45, 7) is 4.34. The Labute approximate surface area is 484 Å². The highest BCUT2D eigenvalue weighted by molar-refractivity contribution is 5.76. The molecule has 0 aliphatic carbocycles. The van der Waals surface area contributed by atoms with Crippen molar-refractivity contribution in [3.05, 3.63) is 36.5 Å². The lowest BCUT2D eigenvalue weighted by atomic mass is 10.0. The van der Waals surface area contributed by atoms with Gasteiger partial charge in [-0.15, -0.1) is 0 Å². The SMILES string of the molecule is CCCCCCCCCC/C=C\CCCCCCCCCCCCCCCCCCCCCCCCCCCCCCCC(=O)NC(CO)C(O)/C=C/CC/C=C/CCCCCCCCCCCCCCCCCCCC. The highest BCUT2D eigenvalue weighted by Crippen LogP contribution is 2.19. The zero-order valence-electron chi connectivity index (χ0n) is 52.8. The molecule has 0 aromatic rings. The Hall–Kier alpha value is -1.39. The molecule has 0 fully saturated rings. The molecule has 0 saturated carbocycles. The van der Waals surface area contributed by atoms with Gasteiger partial charge in [-0.25, -0.2) is 0 Å². The predicted molar refractivity (Wildman–Crippen MR) is 345 cm³/mol. The fourth-order valence-electron chi connectivity index (χ4n) is 11.4. The van der Waals surface area contributed by atoms with Crippen molar-refractivity contribution >= 4 is 5.91 Å². The van der Waals surface area contributed by atoms with E-state index in [4.69, 9.17) is 0 Å². The molecule has 0 saturated heterocycles. The molecule has 0 bridgehead atoms. The first-order valence-electron chi connectivity index (χ1n) is 35.7. The van der Waals surface area contributed by atoms with Crippen LogP contribution < -0.4 is 5.32 Å². The van der Waals surface area contributed by atoms with Gasteiger partial charge in [0, 0.05) is 6.42 Å². The van der Waals surface area contributed by atoms with Gasteiger partial charge in [-0.3, -0.25) is 4.79 Å². The summed E-state index contributed by atoms with van der Waals surface area (Å²) in [6.07, 6.45) is 95.4. The van der Waals surface area contributed by atoms with Gasteiger partial charge in [-0.2, -0.15) is 0 Å². The molecule has 0 radical (unpaired) electrons. The monoisotopic (exact) mass is 1080 g/mol. The molecule has 3 N–H and O–H groups in total. The highest BCUT2D eigenvalue weighted by atomic mass is 16.3. The van der Waals surface area contributed by atoms with Gasteiger partial charge >= 0.3 is 0 Å². The van der Waals surface area contributed by atoms with Crippen molar-refractivity contribution < 1.29 is 15.0 Å². The summed E-state index contributed by atoms with van der Waals surface area (Å²) in [7, 11) is 0. The van der Waals surface area contributed by atoms with E-state index in [0.717, 1.165) is 32.1 Å². The van der Waals surface area contributed by atoms with Crippen molar-refractivity contribution in [3.63, 3.8) is 0 Å². The van der Waals surface area contributed by atoms with Crippen molar-refractivity contribution in [2.75, 3.05) is 6.61 Å². The molecule has 4 heteroatoms. The normalized spacial score (nSPS) is 12.8. The van der Waals surface area contributed by atoms with Crippen LogP contribution in [0.2, 0.25) is 0 Å². The Balaban J connectivity index is 3.40. The zero-order chi connectivity index (χ0) is 55.5. The second kappa shape index (κ2) is 68.9. The van der Waals surface area contributed by atoms with Gasteiger partial charge in [0.15, 0.2) is 0 Å². The molecule has 0 aliphatic heterocycles. The van der Waals surface area contributed by atoms with Gasteiger partial charge in [-0.1, -0.05) is 378 Å². The first-order chi connectivity index (χ1) is 38.2. The van der Waals surface area contributed by atoms with Crippen molar-refractivity contribution in [3.8, 4) is 0 Å². The number of aliphatic hydroxyl groups excluding tert-OH is 2. The number of hydrogen-bond acceptors (Lipinski definition) is 3. The minimum absolute atomic E-state index is 0.0650. The first-order valence-corrected chi connectivity index (χ1v) is 35.7. The van der Waals surface area contributed by atoms with Gasteiger partial charge in [0.1, 0.15) is 0 Å². The number of amides is 1. The number of allylic oxidation sites excluding steroid dienone is 5. The summed E-state index contributed by atoms with van der Waals surface area (Å²) < 4.78 is 0. The minimum atomic E-state index is -0.862. The summed E-state index contributed by atoms with van der Waals surface area (Å²) in [5.41, 5.74) is 0. The third-order valence-electron chi connectivity index (χ3n) is 16.8. The van der Waals surface area contributed by atoms with Crippen molar-refractivity contribution in [2.45, 2.75) is 418 Å². The summed E-state index contributed by atoms with van der Waals surface area (Å²) in [4.78, 5) is 12.5. The Bertz CT molecular complexity index is 1180. The molecule has 2 unspecified atom stereocenters. The Kier molecular flexibility index (Phi) is 67.6. The van der Waals surface area contributed by atoms with Gasteiger partial charge in [0.05, 0.1) is 18.8 Å². The van der Waals surface area contributed by atoms with Gasteiger partial charge in [-0.05, 0) is 57.8 Å². The summed E-state index contributed by atoms with van der Waals surface area (Å²) in [5.74, 6) is -0.0650. The average Bonchev–Trinajstić information content (AvgIpc) is 3.43. The first kappa shape index (κ1) is 75.6. The smallest absolute Gasteiger partial charge is 0.220 e. The van der Waals surface area contributed by atoms with Crippen LogP contribution in [0.5, 0.6) is 0 Å². The molecule has 0 spiro atoms.